The van der Waals surface area contributed by atoms with Crippen LogP contribution in [0.3, 0.4) is 0 Å². The van der Waals surface area contributed by atoms with Crippen LogP contribution in [-0.2, 0) is 0 Å². The van der Waals surface area contributed by atoms with Crippen molar-refractivity contribution in [1.29, 1.82) is 0 Å². The zero-order valence-corrected chi connectivity index (χ0v) is 12.2. The second-order valence-corrected chi connectivity index (χ2v) is 6.06. The molecule has 0 aromatic carbocycles. The van der Waals surface area contributed by atoms with Crippen LogP contribution in [0.1, 0.15) is 72.6 Å². The van der Waals surface area contributed by atoms with Gasteiger partial charge in [-0.05, 0) is 37.5 Å². The quantitative estimate of drug-likeness (QED) is 0.790. The van der Waals surface area contributed by atoms with Crippen LogP contribution in [0.25, 0.3) is 0 Å². The summed E-state index contributed by atoms with van der Waals surface area (Å²) in [4.78, 5) is 0. The molecule has 1 rings (SSSR count). The summed E-state index contributed by atoms with van der Waals surface area (Å²) in [6.07, 6.45) is 7.91. The van der Waals surface area contributed by atoms with Crippen molar-refractivity contribution < 1.29 is 10.2 Å². The molecule has 0 aliphatic heterocycles. The van der Waals surface area contributed by atoms with Crippen molar-refractivity contribution in [3.8, 4) is 0 Å². The predicted molar refractivity (Wildman–Crippen MR) is 74.0 cm³/mol. The molecule has 17 heavy (non-hydrogen) atoms. The fourth-order valence-electron chi connectivity index (χ4n) is 2.44. The highest BCUT2D eigenvalue weighted by Gasteiger charge is 2.26. The molecule has 0 aromatic heterocycles. The van der Waals surface area contributed by atoms with Crippen LogP contribution in [0.5, 0.6) is 0 Å². The highest BCUT2D eigenvalue weighted by atomic mass is 16.3. The van der Waals surface area contributed by atoms with E-state index in [4.69, 9.17) is 5.11 Å². The van der Waals surface area contributed by atoms with E-state index in [1.807, 2.05) is 0 Å². The molecule has 0 heterocycles. The van der Waals surface area contributed by atoms with E-state index in [0.29, 0.717) is 12.5 Å². The van der Waals surface area contributed by atoms with Crippen molar-refractivity contribution in [2.45, 2.75) is 78.2 Å². The smallest absolute Gasteiger partial charge is 0.0645 e. The van der Waals surface area contributed by atoms with Crippen LogP contribution < -0.4 is 0 Å². The second kappa shape index (κ2) is 8.93. The van der Waals surface area contributed by atoms with Crippen LogP contribution >= 0.6 is 0 Å². The van der Waals surface area contributed by atoms with E-state index in [0.717, 1.165) is 31.6 Å². The summed E-state index contributed by atoms with van der Waals surface area (Å²) in [6, 6.07) is 0. The zero-order chi connectivity index (χ0) is 13.3. The molecule has 1 aliphatic rings. The highest BCUT2D eigenvalue weighted by molar-refractivity contribution is 4.79. The lowest BCUT2D eigenvalue weighted by molar-refractivity contribution is 0.000672. The Bertz CT molecular complexity index is 172. The van der Waals surface area contributed by atoms with Crippen molar-refractivity contribution in [1.82, 2.24) is 0 Å². The van der Waals surface area contributed by atoms with E-state index in [1.54, 1.807) is 0 Å². The zero-order valence-electron chi connectivity index (χ0n) is 12.2. The largest absolute Gasteiger partial charge is 0.396 e. The summed E-state index contributed by atoms with van der Waals surface area (Å²) in [5.74, 6) is 1.20. The number of hydrogen-bond donors (Lipinski definition) is 2. The third-order valence-corrected chi connectivity index (χ3v) is 3.63. The first-order valence-electron chi connectivity index (χ1n) is 7.26. The minimum Gasteiger partial charge on any atom is -0.396 e. The molecule has 0 bridgehead atoms. The number of hydrogen-bond acceptors (Lipinski definition) is 2. The van der Waals surface area contributed by atoms with Gasteiger partial charge in [-0.2, -0.15) is 0 Å². The van der Waals surface area contributed by atoms with Gasteiger partial charge in [0.1, 0.15) is 0 Å². The molecule has 0 amide bonds. The van der Waals surface area contributed by atoms with Crippen molar-refractivity contribution >= 4 is 0 Å². The maximum absolute atomic E-state index is 9.68. The maximum Gasteiger partial charge on any atom is 0.0645 e. The Morgan fingerprint density at radius 3 is 1.82 bits per heavy atom. The van der Waals surface area contributed by atoms with Crippen LogP contribution in [0, 0.1) is 11.8 Å². The van der Waals surface area contributed by atoms with Crippen LogP contribution in [0.15, 0.2) is 0 Å². The Balaban J connectivity index is 0.000000304. The first-order chi connectivity index (χ1) is 7.93. The van der Waals surface area contributed by atoms with Crippen LogP contribution in [-0.4, -0.2) is 22.4 Å². The summed E-state index contributed by atoms with van der Waals surface area (Å²) in [6.45, 7) is 8.82. The molecule has 1 saturated carbocycles. The van der Waals surface area contributed by atoms with E-state index < -0.39 is 0 Å². The Hall–Kier alpha value is -0.0800. The molecule has 1 unspecified atom stereocenters. The lowest BCUT2D eigenvalue weighted by atomic mass is 9.83. The molecule has 0 saturated heterocycles. The van der Waals surface area contributed by atoms with Gasteiger partial charge >= 0.3 is 0 Å². The fraction of sp³-hybridized carbons (Fsp3) is 1.00. The van der Waals surface area contributed by atoms with Gasteiger partial charge in [0.25, 0.3) is 0 Å². The van der Waals surface area contributed by atoms with Gasteiger partial charge < -0.3 is 10.2 Å². The Morgan fingerprint density at radius 2 is 1.59 bits per heavy atom. The van der Waals surface area contributed by atoms with Crippen molar-refractivity contribution in [3.63, 3.8) is 0 Å². The van der Waals surface area contributed by atoms with Gasteiger partial charge in [0.15, 0.2) is 0 Å². The predicted octanol–water partition coefficient (Wildman–Crippen LogP) is 3.75. The molecule has 0 aromatic rings. The molecule has 0 radical (unpaired) electrons. The molecule has 2 N–H and O–H groups in total. The molecule has 1 atom stereocenters. The van der Waals surface area contributed by atoms with Gasteiger partial charge in [-0.25, -0.2) is 0 Å². The number of rotatable bonds is 4. The van der Waals surface area contributed by atoms with E-state index in [9.17, 15) is 5.11 Å². The van der Waals surface area contributed by atoms with Gasteiger partial charge in [0.05, 0.1) is 5.60 Å². The van der Waals surface area contributed by atoms with Crippen LogP contribution in [0.2, 0.25) is 0 Å². The van der Waals surface area contributed by atoms with Crippen molar-refractivity contribution in [2.75, 3.05) is 6.61 Å². The summed E-state index contributed by atoms with van der Waals surface area (Å²) >= 11 is 0. The maximum atomic E-state index is 9.68. The van der Waals surface area contributed by atoms with E-state index in [1.165, 1.54) is 19.3 Å². The minimum atomic E-state index is -0.280. The lowest BCUT2D eigenvalue weighted by Crippen LogP contribution is -2.29. The molecule has 1 aliphatic carbocycles. The fourth-order valence-corrected chi connectivity index (χ4v) is 2.44. The van der Waals surface area contributed by atoms with Gasteiger partial charge in [0.2, 0.25) is 0 Å². The normalized spacial score (nSPS) is 20.6. The highest BCUT2D eigenvalue weighted by Crippen LogP contribution is 2.30. The van der Waals surface area contributed by atoms with Gasteiger partial charge in [-0.1, -0.05) is 47.0 Å². The Labute approximate surface area is 107 Å². The monoisotopic (exact) mass is 244 g/mol. The van der Waals surface area contributed by atoms with Gasteiger partial charge in [-0.15, -0.1) is 0 Å². The van der Waals surface area contributed by atoms with Crippen molar-refractivity contribution in [2.24, 2.45) is 11.8 Å². The molecular weight excluding hydrogens is 212 g/mol. The Kier molecular flexibility index (Phi) is 8.89. The number of aliphatic hydroxyl groups excluding tert-OH is 1. The lowest BCUT2D eigenvalue weighted by Gasteiger charge is -2.30. The molecule has 0 spiro atoms. The first kappa shape index (κ1) is 16.9. The Morgan fingerprint density at radius 1 is 1.06 bits per heavy atom. The van der Waals surface area contributed by atoms with E-state index in [-0.39, 0.29) is 5.60 Å². The second-order valence-electron chi connectivity index (χ2n) is 6.06. The summed E-state index contributed by atoms with van der Waals surface area (Å²) < 4.78 is 0. The standard InChI is InChI=1S/C8H16O.C7H16O/c1-2-8(9)6-4-3-5-7-8;1-6(2)4-7(3)5-8/h9H,2-7H2,1H3;6-8H,4-5H2,1-3H3. The molecule has 1 fully saturated rings. The van der Waals surface area contributed by atoms with Crippen molar-refractivity contribution in [3.05, 3.63) is 0 Å². The molecule has 2 nitrogen and oxygen atoms in total. The van der Waals surface area contributed by atoms with Gasteiger partial charge in [0, 0.05) is 6.61 Å². The third kappa shape index (κ3) is 8.62. The summed E-state index contributed by atoms with van der Waals surface area (Å²) in [7, 11) is 0. The number of aliphatic hydroxyl groups is 2. The topological polar surface area (TPSA) is 40.5 Å². The molecule has 2 heteroatoms. The third-order valence-electron chi connectivity index (χ3n) is 3.63. The van der Waals surface area contributed by atoms with Crippen LogP contribution in [0.4, 0.5) is 0 Å². The van der Waals surface area contributed by atoms with E-state index in [2.05, 4.69) is 27.7 Å². The van der Waals surface area contributed by atoms with E-state index >= 15 is 0 Å². The van der Waals surface area contributed by atoms with Gasteiger partial charge in [-0.3, -0.25) is 0 Å². The minimum absolute atomic E-state index is 0.280. The molecular formula is C15H32O2. The summed E-state index contributed by atoms with van der Waals surface area (Å²) in [5, 5.41) is 18.3. The average molecular weight is 244 g/mol. The first-order valence-corrected chi connectivity index (χ1v) is 7.26. The SMILES string of the molecule is CC(C)CC(C)CO.CCC1(O)CCCCC1. The average Bonchev–Trinajstić information content (AvgIpc) is 2.30. The summed E-state index contributed by atoms with van der Waals surface area (Å²) in [5.41, 5.74) is -0.280. The molecule has 104 valence electrons.